The van der Waals surface area contributed by atoms with E-state index in [4.69, 9.17) is 5.73 Å². The number of nitrogens with one attached hydrogen (secondary N) is 3. The first-order chi connectivity index (χ1) is 19.1. The summed E-state index contributed by atoms with van der Waals surface area (Å²) in [5.74, 6) is 0.389. The van der Waals surface area contributed by atoms with Crippen LogP contribution >= 0.6 is 11.8 Å². The molecule has 1 saturated heterocycles. The third kappa shape index (κ3) is 10.4. The van der Waals surface area contributed by atoms with Crippen molar-refractivity contribution in [2.45, 2.75) is 140 Å². The van der Waals surface area contributed by atoms with Gasteiger partial charge in [0, 0.05) is 23.1 Å². The number of urea groups is 1. The number of rotatable bonds is 13. The first kappa shape index (κ1) is 33.7. The molecule has 41 heavy (non-hydrogen) atoms. The van der Waals surface area contributed by atoms with Crippen molar-refractivity contribution in [3.63, 3.8) is 0 Å². The number of hydrogen-bond donors (Lipinski definition) is 4. The second-order valence-corrected chi connectivity index (χ2v) is 16.8. The van der Waals surface area contributed by atoms with Gasteiger partial charge in [0.05, 0.1) is 18.0 Å². The number of nitrogens with two attached hydrogens (primary N) is 1. The lowest BCUT2D eigenvalue weighted by Gasteiger charge is -2.41. The molecule has 3 fully saturated rings. The SMILES string of the molecule is CC(C)(C)SCC1(NC(=O)N[C@H](CN2CCC[C@H]2C(=O)NC(C=O)(CC(N)=O)CC2CC2)C(C)(C)C)CCCCC1. The Bertz CT molecular complexity index is 936. The van der Waals surface area contributed by atoms with Gasteiger partial charge >= 0.3 is 6.03 Å². The normalized spacial score (nSPS) is 23.7. The summed E-state index contributed by atoms with van der Waals surface area (Å²) < 4.78 is 0.124. The summed E-state index contributed by atoms with van der Waals surface area (Å²) in [6, 6.07) is -0.767. The van der Waals surface area contributed by atoms with Crippen molar-refractivity contribution in [3.05, 3.63) is 0 Å². The zero-order valence-electron chi connectivity index (χ0n) is 26.3. The van der Waals surface area contributed by atoms with E-state index in [0.717, 1.165) is 57.2 Å². The Morgan fingerprint density at radius 1 is 1.02 bits per heavy atom. The molecule has 10 heteroatoms. The third-order valence-corrected chi connectivity index (χ3v) is 10.4. The van der Waals surface area contributed by atoms with Gasteiger partial charge in [-0.15, -0.1) is 0 Å². The van der Waals surface area contributed by atoms with Gasteiger partial charge in [0.15, 0.2) is 0 Å². The Hall–Kier alpha value is -1.81. The van der Waals surface area contributed by atoms with Crippen LogP contribution in [-0.4, -0.2) is 75.8 Å². The summed E-state index contributed by atoms with van der Waals surface area (Å²) in [6.07, 6.45) is 9.90. The fraction of sp³-hybridized carbons (Fsp3) is 0.871. The summed E-state index contributed by atoms with van der Waals surface area (Å²) in [4.78, 5) is 53.2. The zero-order valence-corrected chi connectivity index (χ0v) is 27.1. The van der Waals surface area contributed by atoms with Gasteiger partial charge in [-0.05, 0) is 50.0 Å². The molecule has 0 aromatic heterocycles. The number of nitrogens with zero attached hydrogens (tertiary/aromatic N) is 1. The molecule has 3 aliphatic rings. The summed E-state index contributed by atoms with van der Waals surface area (Å²) in [7, 11) is 0. The smallest absolute Gasteiger partial charge is 0.315 e. The van der Waals surface area contributed by atoms with Crippen molar-refractivity contribution in [3.8, 4) is 0 Å². The maximum Gasteiger partial charge on any atom is 0.315 e. The summed E-state index contributed by atoms with van der Waals surface area (Å²) >= 11 is 1.90. The number of likely N-dealkylation sites (tertiary alicyclic amines) is 1. The van der Waals surface area contributed by atoms with Gasteiger partial charge in [0.2, 0.25) is 11.8 Å². The fourth-order valence-corrected chi connectivity index (χ4v) is 7.27. The van der Waals surface area contributed by atoms with Gasteiger partial charge in [-0.2, -0.15) is 11.8 Å². The highest BCUT2D eigenvalue weighted by atomic mass is 32.2. The van der Waals surface area contributed by atoms with Gasteiger partial charge in [-0.25, -0.2) is 4.79 Å². The van der Waals surface area contributed by atoms with Gasteiger partial charge in [0.1, 0.15) is 11.8 Å². The summed E-state index contributed by atoms with van der Waals surface area (Å²) in [5.41, 5.74) is 3.77. The van der Waals surface area contributed by atoms with E-state index in [1.807, 2.05) is 11.8 Å². The van der Waals surface area contributed by atoms with E-state index in [9.17, 15) is 19.2 Å². The van der Waals surface area contributed by atoms with Crippen molar-refractivity contribution in [2.75, 3.05) is 18.8 Å². The second kappa shape index (κ2) is 13.7. The highest BCUT2D eigenvalue weighted by Gasteiger charge is 2.43. The van der Waals surface area contributed by atoms with Crippen LogP contribution in [0.2, 0.25) is 0 Å². The number of carbonyl (C=O) groups is 4. The molecule has 0 radical (unpaired) electrons. The molecular formula is C31H55N5O4S. The first-order valence-corrected chi connectivity index (χ1v) is 16.6. The monoisotopic (exact) mass is 593 g/mol. The van der Waals surface area contributed by atoms with Gasteiger partial charge in [-0.1, -0.05) is 73.6 Å². The van der Waals surface area contributed by atoms with Crippen molar-refractivity contribution >= 4 is 35.9 Å². The summed E-state index contributed by atoms with van der Waals surface area (Å²) in [6.45, 7) is 14.2. The predicted molar refractivity (Wildman–Crippen MR) is 166 cm³/mol. The van der Waals surface area contributed by atoms with Crippen LogP contribution < -0.4 is 21.7 Å². The van der Waals surface area contributed by atoms with Crippen molar-refractivity contribution in [2.24, 2.45) is 17.1 Å². The Morgan fingerprint density at radius 2 is 1.68 bits per heavy atom. The topological polar surface area (TPSA) is 134 Å². The molecule has 1 unspecified atom stereocenters. The lowest BCUT2D eigenvalue weighted by Crippen LogP contribution is -2.61. The van der Waals surface area contributed by atoms with Crippen LogP contribution in [0.3, 0.4) is 0 Å². The lowest BCUT2D eigenvalue weighted by molar-refractivity contribution is -0.132. The number of carbonyl (C=O) groups excluding carboxylic acids is 4. The average Bonchev–Trinajstić information content (AvgIpc) is 3.54. The second-order valence-electron chi connectivity index (χ2n) is 15.0. The quantitative estimate of drug-likeness (QED) is 0.237. The molecule has 234 valence electrons. The minimum atomic E-state index is -1.25. The van der Waals surface area contributed by atoms with Crippen LogP contribution in [-0.2, 0) is 14.4 Å². The molecule has 0 aromatic carbocycles. The molecule has 9 nitrogen and oxygen atoms in total. The van der Waals surface area contributed by atoms with Gasteiger partial charge < -0.3 is 26.5 Å². The molecular weight excluding hydrogens is 538 g/mol. The molecule has 0 bridgehead atoms. The van der Waals surface area contributed by atoms with Crippen molar-refractivity contribution in [1.82, 2.24) is 20.9 Å². The molecule has 3 rings (SSSR count). The van der Waals surface area contributed by atoms with E-state index in [1.165, 1.54) is 6.42 Å². The highest BCUT2D eigenvalue weighted by molar-refractivity contribution is 8.00. The highest BCUT2D eigenvalue weighted by Crippen LogP contribution is 2.38. The van der Waals surface area contributed by atoms with E-state index in [1.54, 1.807) is 0 Å². The maximum absolute atomic E-state index is 13.6. The van der Waals surface area contributed by atoms with Crippen molar-refractivity contribution < 1.29 is 19.2 Å². The van der Waals surface area contributed by atoms with Gasteiger partial charge in [-0.3, -0.25) is 14.5 Å². The zero-order chi connectivity index (χ0) is 30.5. The number of hydrogen-bond acceptors (Lipinski definition) is 6. The molecule has 3 atom stereocenters. The summed E-state index contributed by atoms with van der Waals surface area (Å²) in [5, 5.41) is 9.62. The third-order valence-electron chi connectivity index (χ3n) is 8.84. The predicted octanol–water partition coefficient (Wildman–Crippen LogP) is 4.13. The molecule has 0 spiro atoms. The van der Waals surface area contributed by atoms with E-state index >= 15 is 0 Å². The Kier molecular flexibility index (Phi) is 11.2. The number of aldehydes is 1. The van der Waals surface area contributed by atoms with Crippen LogP contribution in [0.4, 0.5) is 4.79 Å². The minimum Gasteiger partial charge on any atom is -0.370 e. The largest absolute Gasteiger partial charge is 0.370 e. The van der Waals surface area contributed by atoms with E-state index in [2.05, 4.69) is 62.4 Å². The van der Waals surface area contributed by atoms with E-state index in [0.29, 0.717) is 31.6 Å². The molecule has 4 amide bonds. The first-order valence-electron chi connectivity index (χ1n) is 15.6. The fourth-order valence-electron chi connectivity index (χ4n) is 6.20. The maximum atomic E-state index is 13.6. The standard InChI is InChI=1S/C31H55N5O4S/c1-28(2,3)24(33-27(40)35-30(14-8-7-9-15-30)21-41-29(4,5)6)19-36-16-10-11-23(36)26(39)34-31(20-37,18-25(32)38)17-22-12-13-22/h20,22-24H,7-19,21H2,1-6H3,(H2,32,38)(H,34,39)(H2,33,35,40)/t23-,24+,31?/m0/s1. The molecule has 5 N–H and O–H groups in total. The van der Waals surface area contributed by atoms with Crippen LogP contribution in [0.15, 0.2) is 0 Å². The van der Waals surface area contributed by atoms with Crippen LogP contribution in [0, 0.1) is 11.3 Å². The number of thioether (sulfide) groups is 1. The van der Waals surface area contributed by atoms with Gasteiger partial charge in [0.25, 0.3) is 0 Å². The number of primary amides is 1. The average molecular weight is 594 g/mol. The Balaban J connectivity index is 1.68. The minimum absolute atomic E-state index is 0.124. The molecule has 2 saturated carbocycles. The van der Waals surface area contributed by atoms with Crippen molar-refractivity contribution in [1.29, 1.82) is 0 Å². The van der Waals surface area contributed by atoms with Crippen LogP contribution in [0.1, 0.15) is 112 Å². The Morgan fingerprint density at radius 3 is 2.22 bits per heavy atom. The Labute approximate surface area is 251 Å². The van der Waals surface area contributed by atoms with E-state index in [-0.39, 0.29) is 40.1 Å². The molecule has 1 heterocycles. The molecule has 1 aliphatic heterocycles. The number of amides is 4. The molecule has 2 aliphatic carbocycles. The van der Waals surface area contributed by atoms with E-state index < -0.39 is 17.5 Å². The molecule has 0 aromatic rings. The van der Waals surface area contributed by atoms with Crippen LogP contribution in [0.5, 0.6) is 0 Å². The lowest BCUT2D eigenvalue weighted by atomic mass is 9.83. The van der Waals surface area contributed by atoms with Crippen LogP contribution in [0.25, 0.3) is 0 Å².